The van der Waals surface area contributed by atoms with Crippen molar-refractivity contribution in [1.29, 1.82) is 0 Å². The second-order valence-electron chi connectivity index (χ2n) is 5.40. The molecule has 0 aromatic heterocycles. The first kappa shape index (κ1) is 20.0. The van der Waals surface area contributed by atoms with Crippen molar-refractivity contribution in [3.63, 3.8) is 0 Å². The Labute approximate surface area is 166 Å². The Morgan fingerprint density at radius 2 is 1.60 bits per heavy atom. The van der Waals surface area contributed by atoms with Crippen LogP contribution in [-0.2, 0) is 25.9 Å². The number of hydrogen-bond donors (Lipinski definition) is 1. The van der Waals surface area contributed by atoms with Crippen molar-refractivity contribution in [2.45, 2.75) is 13.5 Å². The summed E-state index contributed by atoms with van der Waals surface area (Å²) in [6.45, 7) is 2.77. The molecular weight excluding hydrogens is 385 g/mol. The molecule has 5 heteroatoms. The van der Waals surface area contributed by atoms with Crippen LogP contribution in [0.5, 0.6) is 5.75 Å². The van der Waals surface area contributed by atoms with Gasteiger partial charge in [-0.1, -0.05) is 80.9 Å². The van der Waals surface area contributed by atoms with Crippen LogP contribution in [0.1, 0.15) is 11.1 Å². The maximum absolute atomic E-state index is 10.0. The molecule has 0 heterocycles. The standard InChI is InChI=1S/C20H19NOP.ClH.Ti/c1-15-8-7-9-16(14-21-17-10-3-2-4-11-17)20(15)23-19-13-6-5-12-18(19)22;;/h2-13,22-23H,14H2,1H3;1H;/q-1;;+2/p-1. The molecule has 126 valence electrons. The first-order valence-electron chi connectivity index (χ1n) is 7.79. The van der Waals surface area contributed by atoms with Crippen LogP contribution in [0.25, 0.3) is 5.32 Å². The molecule has 3 rings (SSSR count). The summed E-state index contributed by atoms with van der Waals surface area (Å²) >= 11 is 1.47. The predicted octanol–water partition coefficient (Wildman–Crippen LogP) is 5.22. The Kier molecular flexibility index (Phi) is 8.51. The van der Waals surface area contributed by atoms with E-state index >= 15 is 0 Å². The summed E-state index contributed by atoms with van der Waals surface area (Å²) in [5.74, 6) is 0.361. The monoisotopic (exact) mass is 403 g/mol. The molecule has 25 heavy (non-hydrogen) atoms. The Hall–Kier alpha value is -1.31. The van der Waals surface area contributed by atoms with E-state index in [1.807, 2.05) is 48.5 Å². The van der Waals surface area contributed by atoms with E-state index in [0.717, 1.165) is 11.0 Å². The number of aromatic hydroxyl groups is 1. The Bertz CT molecular complexity index is 799. The fourth-order valence-electron chi connectivity index (χ4n) is 2.46. The van der Waals surface area contributed by atoms with E-state index in [4.69, 9.17) is 0 Å². The fraction of sp³-hybridized carbons (Fsp3) is 0.100. The van der Waals surface area contributed by atoms with E-state index in [1.54, 1.807) is 6.07 Å². The molecule has 3 aromatic carbocycles. The van der Waals surface area contributed by atoms with Crippen molar-refractivity contribution in [1.82, 2.24) is 0 Å². The Balaban J connectivity index is 0.00000109. The zero-order valence-corrected chi connectivity index (χ0v) is 17.2. The predicted molar refractivity (Wildman–Crippen MR) is 106 cm³/mol. The minimum absolute atomic E-state index is 0.361. The fourth-order valence-corrected chi connectivity index (χ4v) is 3.73. The van der Waals surface area contributed by atoms with Gasteiger partial charge in [0.15, 0.2) is 0 Å². The molecule has 0 saturated heterocycles. The number of halogens is 1. The zero-order chi connectivity index (χ0) is 18.1. The van der Waals surface area contributed by atoms with Gasteiger partial charge in [0.25, 0.3) is 0 Å². The number of phenols is 1. The third-order valence-electron chi connectivity index (χ3n) is 3.71. The number of rotatable bonds is 5. The number of phenolic OH excluding ortho intramolecular Hbond substituents is 1. The quantitative estimate of drug-likeness (QED) is 0.460. The molecule has 0 aliphatic heterocycles. The van der Waals surface area contributed by atoms with E-state index in [-0.39, 0.29) is 0 Å². The molecule has 3 aromatic rings. The van der Waals surface area contributed by atoms with Crippen molar-refractivity contribution in [2.24, 2.45) is 0 Å². The van der Waals surface area contributed by atoms with Gasteiger partial charge >= 0.3 is 28.7 Å². The summed E-state index contributed by atoms with van der Waals surface area (Å²) in [4.78, 5) is 0. The first-order chi connectivity index (χ1) is 12.2. The van der Waals surface area contributed by atoms with Gasteiger partial charge in [-0.05, 0) is 23.9 Å². The van der Waals surface area contributed by atoms with Crippen LogP contribution in [0.3, 0.4) is 0 Å². The van der Waals surface area contributed by atoms with E-state index < -0.39 is 0 Å². The van der Waals surface area contributed by atoms with Gasteiger partial charge in [-0.2, -0.15) is 0 Å². The molecule has 0 amide bonds. The molecule has 0 saturated carbocycles. The van der Waals surface area contributed by atoms with Crippen molar-refractivity contribution in [3.8, 4) is 5.75 Å². The van der Waals surface area contributed by atoms with Gasteiger partial charge in [0.1, 0.15) is 5.75 Å². The van der Waals surface area contributed by atoms with Gasteiger partial charge in [-0.25, -0.2) is 0 Å². The van der Waals surface area contributed by atoms with E-state index in [2.05, 4.69) is 39.7 Å². The summed E-state index contributed by atoms with van der Waals surface area (Å²) in [6.07, 6.45) is 0. The van der Waals surface area contributed by atoms with Crippen LogP contribution < -0.4 is 10.6 Å². The molecule has 2 nitrogen and oxygen atoms in total. The zero-order valence-electron chi connectivity index (χ0n) is 13.9. The molecule has 0 bridgehead atoms. The van der Waals surface area contributed by atoms with Crippen molar-refractivity contribution >= 4 is 34.2 Å². The van der Waals surface area contributed by atoms with Crippen molar-refractivity contribution < 1.29 is 24.5 Å². The molecule has 1 N–H and O–H groups in total. The first-order valence-corrected chi connectivity index (χ1v) is 10.9. The average Bonchev–Trinajstić information content (AvgIpc) is 2.66. The molecule has 1 atom stereocenters. The van der Waals surface area contributed by atoms with Gasteiger partial charge in [-0.15, -0.1) is 12.2 Å². The molecule has 0 spiro atoms. The van der Waals surface area contributed by atoms with Crippen molar-refractivity contribution in [3.05, 3.63) is 89.2 Å². The van der Waals surface area contributed by atoms with Gasteiger partial charge in [0, 0.05) is 5.30 Å². The van der Waals surface area contributed by atoms with Crippen LogP contribution in [0.15, 0.2) is 72.8 Å². The second-order valence-corrected chi connectivity index (χ2v) is 6.69. The second kappa shape index (κ2) is 10.6. The Morgan fingerprint density at radius 1 is 0.920 bits per heavy atom. The molecule has 0 fully saturated rings. The van der Waals surface area contributed by atoms with E-state index in [0.29, 0.717) is 20.9 Å². The number of hydrogen-bond acceptors (Lipinski definition) is 1. The van der Waals surface area contributed by atoms with Crippen LogP contribution in [0.2, 0.25) is 0 Å². The Morgan fingerprint density at radius 3 is 2.32 bits per heavy atom. The number of benzene rings is 3. The molecular formula is C20H19ClNOPTi. The van der Waals surface area contributed by atoms with E-state index in [9.17, 15) is 5.11 Å². The van der Waals surface area contributed by atoms with E-state index in [1.165, 1.54) is 35.8 Å². The van der Waals surface area contributed by atoms with Crippen LogP contribution >= 0.6 is 17.9 Å². The number of para-hydroxylation sites is 2. The summed E-state index contributed by atoms with van der Waals surface area (Å²) in [5, 5.41) is 17.0. The normalized spacial score (nSPS) is 10.3. The minimum atomic E-state index is 0.361. The molecule has 1 unspecified atom stereocenters. The SMILES string of the molecule is Cc1cccc(C[N-]c2ccccc2)c1Pc1ccccc1O.[Cl][Ti+]. The van der Waals surface area contributed by atoms with Crippen LogP contribution in [0.4, 0.5) is 5.69 Å². The van der Waals surface area contributed by atoms with Gasteiger partial charge in [0.2, 0.25) is 0 Å². The molecule has 0 aliphatic rings. The van der Waals surface area contributed by atoms with Crippen LogP contribution in [0, 0.1) is 6.92 Å². The number of aryl methyl sites for hydroxylation is 1. The number of nitrogens with zero attached hydrogens (tertiary/aromatic N) is 1. The summed E-state index contributed by atoms with van der Waals surface area (Å²) in [6, 6.07) is 23.9. The molecule has 0 aliphatic carbocycles. The third kappa shape index (κ3) is 5.87. The molecule has 0 radical (unpaired) electrons. The third-order valence-corrected chi connectivity index (χ3v) is 5.37. The van der Waals surface area contributed by atoms with Crippen LogP contribution in [-0.4, -0.2) is 5.11 Å². The summed E-state index contributed by atoms with van der Waals surface area (Å²) in [7, 11) is 5.07. The topological polar surface area (TPSA) is 34.3 Å². The maximum atomic E-state index is 10.0. The van der Waals surface area contributed by atoms with Gasteiger partial charge < -0.3 is 10.4 Å². The van der Waals surface area contributed by atoms with Gasteiger partial charge in [-0.3, -0.25) is 0 Å². The summed E-state index contributed by atoms with van der Waals surface area (Å²) in [5.41, 5.74) is 3.45. The average molecular weight is 404 g/mol. The van der Waals surface area contributed by atoms with Crippen molar-refractivity contribution in [2.75, 3.05) is 0 Å². The van der Waals surface area contributed by atoms with Gasteiger partial charge in [0.05, 0.1) is 0 Å². The summed E-state index contributed by atoms with van der Waals surface area (Å²) < 4.78 is 0.